The second-order valence-corrected chi connectivity index (χ2v) is 5.28. The number of ketones is 1. The minimum absolute atomic E-state index is 0.164. The Morgan fingerprint density at radius 3 is 2.58 bits per heavy atom. The van der Waals surface area contributed by atoms with Gasteiger partial charge in [-0.25, -0.2) is 0 Å². The third-order valence-electron chi connectivity index (χ3n) is 3.65. The number of para-hydroxylation sites is 1. The zero-order valence-electron chi connectivity index (χ0n) is 13.1. The molecule has 0 aliphatic rings. The van der Waals surface area contributed by atoms with Crippen LogP contribution in [0.5, 0.6) is 5.75 Å². The number of ether oxygens (including phenoxy) is 1. The molecule has 3 aromatic rings. The van der Waals surface area contributed by atoms with E-state index in [-0.39, 0.29) is 5.78 Å². The minimum atomic E-state index is -0.164. The second-order valence-electron chi connectivity index (χ2n) is 5.28. The lowest BCUT2D eigenvalue weighted by Crippen LogP contribution is -2.09. The molecule has 0 atom stereocenters. The van der Waals surface area contributed by atoms with Crippen LogP contribution >= 0.6 is 0 Å². The first-order valence-corrected chi connectivity index (χ1v) is 7.54. The summed E-state index contributed by atoms with van der Waals surface area (Å²) in [5, 5.41) is 4.10. The SMILES string of the molecule is Nc1cccc(C(=O)c2ccc(OCCn3cccn3)cc2)c1N. The molecular weight excluding hydrogens is 304 g/mol. The summed E-state index contributed by atoms with van der Waals surface area (Å²) in [5.41, 5.74) is 13.3. The maximum atomic E-state index is 12.5. The van der Waals surface area contributed by atoms with Gasteiger partial charge in [0.1, 0.15) is 12.4 Å². The normalized spacial score (nSPS) is 10.5. The number of benzene rings is 2. The maximum Gasteiger partial charge on any atom is 0.195 e. The number of carbonyl (C=O) groups is 1. The molecule has 122 valence electrons. The zero-order valence-corrected chi connectivity index (χ0v) is 13.1. The van der Waals surface area contributed by atoms with Gasteiger partial charge in [-0.05, 0) is 42.5 Å². The molecule has 0 amide bonds. The van der Waals surface area contributed by atoms with Gasteiger partial charge in [-0.3, -0.25) is 9.48 Å². The molecule has 3 rings (SSSR count). The highest BCUT2D eigenvalue weighted by molar-refractivity contribution is 6.13. The number of anilines is 2. The molecule has 2 aromatic carbocycles. The van der Waals surface area contributed by atoms with Gasteiger partial charge < -0.3 is 16.2 Å². The molecule has 0 bridgehead atoms. The number of nitrogen functional groups attached to an aromatic ring is 2. The zero-order chi connectivity index (χ0) is 16.9. The molecule has 0 unspecified atom stereocenters. The van der Waals surface area contributed by atoms with E-state index in [0.29, 0.717) is 41.4 Å². The summed E-state index contributed by atoms with van der Waals surface area (Å²) in [5.74, 6) is 0.530. The minimum Gasteiger partial charge on any atom is -0.492 e. The van der Waals surface area contributed by atoms with Gasteiger partial charge >= 0.3 is 0 Å². The van der Waals surface area contributed by atoms with E-state index in [1.54, 1.807) is 53.3 Å². The van der Waals surface area contributed by atoms with Gasteiger partial charge in [0.25, 0.3) is 0 Å². The molecule has 6 heteroatoms. The van der Waals surface area contributed by atoms with Gasteiger partial charge in [0, 0.05) is 23.5 Å². The lowest BCUT2D eigenvalue weighted by atomic mass is 10.0. The lowest BCUT2D eigenvalue weighted by molar-refractivity contribution is 0.103. The Morgan fingerprint density at radius 1 is 1.08 bits per heavy atom. The Bertz CT molecular complexity index is 827. The van der Waals surface area contributed by atoms with Crippen LogP contribution in [0.4, 0.5) is 11.4 Å². The van der Waals surface area contributed by atoms with Crippen molar-refractivity contribution < 1.29 is 9.53 Å². The van der Waals surface area contributed by atoms with Crippen LogP contribution in [0.1, 0.15) is 15.9 Å². The molecule has 4 N–H and O–H groups in total. The van der Waals surface area contributed by atoms with Gasteiger partial charge in [-0.2, -0.15) is 5.10 Å². The van der Waals surface area contributed by atoms with Crippen LogP contribution in [0.3, 0.4) is 0 Å². The van der Waals surface area contributed by atoms with Crippen LogP contribution in [0.2, 0.25) is 0 Å². The highest BCUT2D eigenvalue weighted by atomic mass is 16.5. The van der Waals surface area contributed by atoms with Crippen LogP contribution < -0.4 is 16.2 Å². The monoisotopic (exact) mass is 322 g/mol. The largest absolute Gasteiger partial charge is 0.492 e. The highest BCUT2D eigenvalue weighted by Crippen LogP contribution is 2.23. The Labute approximate surface area is 139 Å². The fourth-order valence-corrected chi connectivity index (χ4v) is 2.33. The summed E-state index contributed by atoms with van der Waals surface area (Å²) in [4.78, 5) is 12.5. The van der Waals surface area contributed by atoms with E-state index in [1.165, 1.54) is 0 Å². The summed E-state index contributed by atoms with van der Waals surface area (Å²) >= 11 is 0. The Morgan fingerprint density at radius 2 is 1.88 bits per heavy atom. The highest BCUT2D eigenvalue weighted by Gasteiger charge is 2.13. The number of carbonyl (C=O) groups excluding carboxylic acids is 1. The van der Waals surface area contributed by atoms with Crippen molar-refractivity contribution in [3.8, 4) is 5.75 Å². The molecule has 0 fully saturated rings. The Hall–Kier alpha value is -3.28. The molecule has 0 spiro atoms. The van der Waals surface area contributed by atoms with Crippen molar-refractivity contribution in [3.05, 3.63) is 72.1 Å². The first kappa shape index (κ1) is 15.6. The van der Waals surface area contributed by atoms with Crippen LogP contribution in [-0.2, 0) is 6.54 Å². The van der Waals surface area contributed by atoms with E-state index in [0.717, 1.165) is 0 Å². The standard InChI is InChI=1S/C18H18N4O2/c19-16-4-1-3-15(17(16)20)18(23)13-5-7-14(8-6-13)24-12-11-22-10-2-9-21-22/h1-10H,11-12,19-20H2. The number of hydrogen-bond donors (Lipinski definition) is 2. The number of nitrogens with two attached hydrogens (primary N) is 2. The maximum absolute atomic E-state index is 12.5. The van der Waals surface area contributed by atoms with Crippen molar-refractivity contribution in [3.63, 3.8) is 0 Å². The first-order chi connectivity index (χ1) is 11.6. The molecular formula is C18H18N4O2. The third kappa shape index (κ3) is 3.38. The molecule has 0 radical (unpaired) electrons. The number of nitrogens with zero attached hydrogens (tertiary/aromatic N) is 2. The quantitative estimate of drug-likeness (QED) is 0.536. The fourth-order valence-electron chi connectivity index (χ4n) is 2.33. The van der Waals surface area contributed by atoms with E-state index in [2.05, 4.69) is 5.10 Å². The molecule has 0 saturated carbocycles. The molecule has 0 aliphatic carbocycles. The topological polar surface area (TPSA) is 96.2 Å². The van der Waals surface area contributed by atoms with Crippen molar-refractivity contribution in [2.45, 2.75) is 6.54 Å². The molecule has 6 nitrogen and oxygen atoms in total. The lowest BCUT2D eigenvalue weighted by Gasteiger charge is -2.09. The Kier molecular flexibility index (Phi) is 4.47. The van der Waals surface area contributed by atoms with Gasteiger partial charge in [0.05, 0.1) is 17.9 Å². The van der Waals surface area contributed by atoms with E-state index in [4.69, 9.17) is 16.2 Å². The van der Waals surface area contributed by atoms with Gasteiger partial charge in [0.15, 0.2) is 5.78 Å². The van der Waals surface area contributed by atoms with Crippen molar-refractivity contribution in [2.24, 2.45) is 0 Å². The van der Waals surface area contributed by atoms with Crippen molar-refractivity contribution in [1.82, 2.24) is 9.78 Å². The number of aromatic nitrogens is 2. The van der Waals surface area contributed by atoms with Crippen LogP contribution in [0.15, 0.2) is 60.9 Å². The molecule has 1 aromatic heterocycles. The molecule has 0 saturated heterocycles. The van der Waals surface area contributed by atoms with E-state index < -0.39 is 0 Å². The van der Waals surface area contributed by atoms with E-state index >= 15 is 0 Å². The van der Waals surface area contributed by atoms with Gasteiger partial charge in [-0.15, -0.1) is 0 Å². The number of hydrogen-bond acceptors (Lipinski definition) is 5. The van der Waals surface area contributed by atoms with Gasteiger partial charge in [-0.1, -0.05) is 6.07 Å². The number of rotatable bonds is 6. The fraction of sp³-hybridized carbons (Fsp3) is 0.111. The van der Waals surface area contributed by atoms with E-state index in [1.807, 2.05) is 12.3 Å². The average Bonchev–Trinajstić information content (AvgIpc) is 3.11. The third-order valence-corrected chi connectivity index (χ3v) is 3.65. The second kappa shape index (κ2) is 6.87. The summed E-state index contributed by atoms with van der Waals surface area (Å²) in [6.07, 6.45) is 3.60. The summed E-state index contributed by atoms with van der Waals surface area (Å²) in [7, 11) is 0. The van der Waals surface area contributed by atoms with Gasteiger partial charge in [0.2, 0.25) is 0 Å². The smallest absolute Gasteiger partial charge is 0.195 e. The first-order valence-electron chi connectivity index (χ1n) is 7.54. The van der Waals surface area contributed by atoms with E-state index in [9.17, 15) is 4.79 Å². The van der Waals surface area contributed by atoms with Crippen molar-refractivity contribution in [1.29, 1.82) is 0 Å². The molecule has 24 heavy (non-hydrogen) atoms. The van der Waals surface area contributed by atoms with Crippen LogP contribution in [-0.4, -0.2) is 22.2 Å². The van der Waals surface area contributed by atoms with Crippen molar-refractivity contribution >= 4 is 17.2 Å². The molecule has 1 heterocycles. The predicted molar refractivity (Wildman–Crippen MR) is 92.9 cm³/mol. The predicted octanol–water partition coefficient (Wildman–Crippen LogP) is 2.36. The van der Waals surface area contributed by atoms with Crippen LogP contribution in [0, 0.1) is 0 Å². The summed E-state index contributed by atoms with van der Waals surface area (Å²) < 4.78 is 7.44. The Balaban J connectivity index is 1.65. The van der Waals surface area contributed by atoms with Crippen molar-refractivity contribution in [2.75, 3.05) is 18.1 Å². The van der Waals surface area contributed by atoms with Crippen LogP contribution in [0.25, 0.3) is 0 Å². The summed E-state index contributed by atoms with van der Waals surface area (Å²) in [6.45, 7) is 1.16. The average molecular weight is 322 g/mol. The molecule has 0 aliphatic heterocycles. The summed E-state index contributed by atoms with van der Waals surface area (Å²) in [6, 6.07) is 13.9.